The average molecular weight is 253 g/mol. The van der Waals surface area contributed by atoms with Crippen molar-refractivity contribution in [3.8, 4) is 0 Å². The predicted molar refractivity (Wildman–Crippen MR) is 69.4 cm³/mol. The van der Waals surface area contributed by atoms with Crippen LogP contribution in [0.4, 0.5) is 0 Å². The van der Waals surface area contributed by atoms with Gasteiger partial charge < -0.3 is 10.4 Å². The van der Waals surface area contributed by atoms with E-state index >= 15 is 0 Å². The Morgan fingerprint density at radius 2 is 2.35 bits per heavy atom. The van der Waals surface area contributed by atoms with E-state index in [-0.39, 0.29) is 12.5 Å². The normalized spacial score (nSPS) is 18.8. The second kappa shape index (κ2) is 4.78. The number of rotatable bonds is 5. The lowest BCUT2D eigenvalue weighted by Gasteiger charge is -2.28. The van der Waals surface area contributed by atoms with Crippen molar-refractivity contribution < 1.29 is 9.90 Å². The van der Waals surface area contributed by atoms with Crippen LogP contribution in [0.2, 0.25) is 0 Å². The van der Waals surface area contributed by atoms with Crippen LogP contribution in [0.25, 0.3) is 0 Å². The summed E-state index contributed by atoms with van der Waals surface area (Å²) < 4.78 is 0. The molecule has 1 aliphatic rings. The number of aliphatic hydroxyl groups excluding tert-OH is 1. The van der Waals surface area contributed by atoms with Crippen LogP contribution in [0.15, 0.2) is 11.4 Å². The number of hydrogen-bond donors (Lipinski definition) is 2. The van der Waals surface area contributed by atoms with E-state index in [2.05, 4.69) is 5.32 Å². The second-order valence-electron chi connectivity index (χ2n) is 4.93. The Labute approximate surface area is 106 Å². The van der Waals surface area contributed by atoms with Crippen molar-refractivity contribution in [2.75, 3.05) is 6.61 Å². The van der Waals surface area contributed by atoms with Crippen molar-refractivity contribution in [2.24, 2.45) is 5.92 Å². The summed E-state index contributed by atoms with van der Waals surface area (Å²) in [5.41, 5.74) is 0.634. The third-order valence-electron chi connectivity index (χ3n) is 3.54. The van der Waals surface area contributed by atoms with E-state index in [1.54, 1.807) is 0 Å². The van der Waals surface area contributed by atoms with Gasteiger partial charge in [0.15, 0.2) is 0 Å². The van der Waals surface area contributed by atoms with Gasteiger partial charge in [0.1, 0.15) is 0 Å². The fourth-order valence-corrected chi connectivity index (χ4v) is 3.01. The van der Waals surface area contributed by atoms with Crippen LogP contribution < -0.4 is 5.32 Å². The lowest BCUT2D eigenvalue weighted by molar-refractivity contribution is 0.0828. The van der Waals surface area contributed by atoms with Crippen LogP contribution >= 0.6 is 11.3 Å². The summed E-state index contributed by atoms with van der Waals surface area (Å²) in [7, 11) is 0. The van der Waals surface area contributed by atoms with E-state index in [0.29, 0.717) is 5.92 Å². The molecule has 0 radical (unpaired) electrons. The molecule has 1 aromatic heterocycles. The molecule has 1 fully saturated rings. The van der Waals surface area contributed by atoms with Gasteiger partial charge in [-0.3, -0.25) is 4.79 Å². The van der Waals surface area contributed by atoms with Crippen molar-refractivity contribution in [3.63, 3.8) is 0 Å². The van der Waals surface area contributed by atoms with Gasteiger partial charge in [-0.15, -0.1) is 11.3 Å². The molecule has 1 aromatic rings. The molecule has 1 saturated carbocycles. The van der Waals surface area contributed by atoms with E-state index in [9.17, 15) is 9.90 Å². The molecule has 1 aliphatic carbocycles. The van der Waals surface area contributed by atoms with E-state index in [1.807, 2.05) is 25.3 Å². The first-order valence-electron chi connectivity index (χ1n) is 6.10. The molecule has 1 atom stereocenters. The number of nitrogens with one attached hydrogen (secondary N) is 1. The highest BCUT2D eigenvalue weighted by Gasteiger charge is 2.42. The SMILES string of the molecule is CCc1ccsc1C(=O)NC(C)(CO)C1CC1. The highest BCUT2D eigenvalue weighted by Crippen LogP contribution is 2.39. The van der Waals surface area contributed by atoms with Gasteiger partial charge in [0.25, 0.3) is 5.91 Å². The van der Waals surface area contributed by atoms with Crippen LogP contribution in [0.1, 0.15) is 41.9 Å². The average Bonchev–Trinajstić information content (AvgIpc) is 3.07. The van der Waals surface area contributed by atoms with Crippen LogP contribution in [-0.4, -0.2) is 23.2 Å². The number of aryl methyl sites for hydroxylation is 1. The maximum Gasteiger partial charge on any atom is 0.262 e. The lowest BCUT2D eigenvalue weighted by Crippen LogP contribution is -2.50. The predicted octanol–water partition coefficient (Wildman–Crippen LogP) is 2.20. The number of aliphatic hydroxyl groups is 1. The molecule has 1 heterocycles. The highest BCUT2D eigenvalue weighted by atomic mass is 32.1. The number of thiophene rings is 1. The molecule has 1 amide bonds. The first kappa shape index (κ1) is 12.6. The standard InChI is InChI=1S/C13H19NO2S/c1-3-9-6-7-17-11(9)12(16)14-13(2,8-15)10-4-5-10/h6-7,10,15H,3-5,8H2,1-2H3,(H,14,16). The van der Waals surface area contributed by atoms with Gasteiger partial charge in [0.2, 0.25) is 0 Å². The maximum atomic E-state index is 12.2. The fraction of sp³-hybridized carbons (Fsp3) is 0.615. The summed E-state index contributed by atoms with van der Waals surface area (Å²) >= 11 is 1.47. The Bertz CT molecular complexity index is 411. The van der Waals surface area contributed by atoms with Crippen molar-refractivity contribution >= 4 is 17.2 Å². The van der Waals surface area contributed by atoms with Crippen molar-refractivity contribution in [1.29, 1.82) is 0 Å². The zero-order chi connectivity index (χ0) is 12.5. The van der Waals surface area contributed by atoms with E-state index in [1.165, 1.54) is 11.3 Å². The van der Waals surface area contributed by atoms with Gasteiger partial charge in [-0.25, -0.2) is 0 Å². The van der Waals surface area contributed by atoms with Gasteiger partial charge >= 0.3 is 0 Å². The Kier molecular flexibility index (Phi) is 3.54. The molecule has 3 nitrogen and oxygen atoms in total. The quantitative estimate of drug-likeness (QED) is 0.845. The lowest BCUT2D eigenvalue weighted by atomic mass is 9.96. The van der Waals surface area contributed by atoms with Gasteiger partial charge in [0, 0.05) is 0 Å². The van der Waals surface area contributed by atoms with Gasteiger partial charge in [-0.2, -0.15) is 0 Å². The van der Waals surface area contributed by atoms with Crippen LogP contribution in [0.5, 0.6) is 0 Å². The van der Waals surface area contributed by atoms with Crippen molar-refractivity contribution in [3.05, 3.63) is 21.9 Å². The summed E-state index contributed by atoms with van der Waals surface area (Å²) in [5.74, 6) is 0.391. The molecular formula is C13H19NO2S. The Hall–Kier alpha value is -0.870. The van der Waals surface area contributed by atoms with E-state index < -0.39 is 5.54 Å². The molecule has 0 saturated heterocycles. The number of hydrogen-bond acceptors (Lipinski definition) is 3. The Morgan fingerprint density at radius 3 is 2.88 bits per heavy atom. The smallest absolute Gasteiger partial charge is 0.262 e. The Balaban J connectivity index is 2.10. The van der Waals surface area contributed by atoms with Gasteiger partial charge in [-0.05, 0) is 49.1 Å². The van der Waals surface area contributed by atoms with Crippen molar-refractivity contribution in [1.82, 2.24) is 5.32 Å². The molecule has 1 unspecified atom stereocenters. The molecule has 0 bridgehead atoms. The molecule has 0 aromatic carbocycles. The Morgan fingerprint density at radius 1 is 1.65 bits per heavy atom. The summed E-state index contributed by atoms with van der Waals surface area (Å²) in [6.45, 7) is 3.99. The number of amides is 1. The molecule has 94 valence electrons. The van der Waals surface area contributed by atoms with E-state index in [0.717, 1.165) is 29.7 Å². The fourth-order valence-electron chi connectivity index (χ4n) is 2.12. The second-order valence-corrected chi connectivity index (χ2v) is 5.85. The number of carbonyl (C=O) groups is 1. The van der Waals surface area contributed by atoms with Crippen molar-refractivity contribution in [2.45, 2.75) is 38.6 Å². The van der Waals surface area contributed by atoms with Gasteiger partial charge in [-0.1, -0.05) is 6.92 Å². The van der Waals surface area contributed by atoms with Gasteiger partial charge in [0.05, 0.1) is 17.0 Å². The summed E-state index contributed by atoms with van der Waals surface area (Å²) in [5, 5.41) is 14.4. The zero-order valence-corrected chi connectivity index (χ0v) is 11.1. The molecular weight excluding hydrogens is 234 g/mol. The summed E-state index contributed by atoms with van der Waals surface area (Å²) in [6, 6.07) is 1.99. The highest BCUT2D eigenvalue weighted by molar-refractivity contribution is 7.12. The minimum atomic E-state index is -0.452. The number of carbonyl (C=O) groups excluding carboxylic acids is 1. The zero-order valence-electron chi connectivity index (χ0n) is 10.3. The monoisotopic (exact) mass is 253 g/mol. The first-order chi connectivity index (χ1) is 8.10. The van der Waals surface area contributed by atoms with Crippen LogP contribution in [0.3, 0.4) is 0 Å². The summed E-state index contributed by atoms with van der Waals surface area (Å²) in [6.07, 6.45) is 3.07. The molecule has 4 heteroatoms. The molecule has 0 spiro atoms. The third kappa shape index (κ3) is 2.53. The first-order valence-corrected chi connectivity index (χ1v) is 6.98. The van der Waals surface area contributed by atoms with Crippen LogP contribution in [0, 0.1) is 5.92 Å². The minimum absolute atomic E-state index is 0.0102. The molecule has 0 aliphatic heterocycles. The molecule has 2 N–H and O–H groups in total. The summed E-state index contributed by atoms with van der Waals surface area (Å²) in [4.78, 5) is 13.0. The van der Waals surface area contributed by atoms with Crippen LogP contribution in [-0.2, 0) is 6.42 Å². The molecule has 17 heavy (non-hydrogen) atoms. The van der Waals surface area contributed by atoms with E-state index in [4.69, 9.17) is 0 Å². The third-order valence-corrected chi connectivity index (χ3v) is 4.50. The topological polar surface area (TPSA) is 49.3 Å². The maximum absolute atomic E-state index is 12.2. The minimum Gasteiger partial charge on any atom is -0.394 e. The largest absolute Gasteiger partial charge is 0.394 e. The molecule has 2 rings (SSSR count).